The number of benzene rings is 1. The summed E-state index contributed by atoms with van der Waals surface area (Å²) in [5.74, 6) is -0.462. The van der Waals surface area contributed by atoms with Crippen LogP contribution < -0.4 is 5.76 Å². The van der Waals surface area contributed by atoms with Crippen LogP contribution in [0.2, 0.25) is 0 Å². The molecule has 0 saturated carbocycles. The predicted octanol–water partition coefficient (Wildman–Crippen LogP) is 1.03. The van der Waals surface area contributed by atoms with Crippen LogP contribution in [0.5, 0.6) is 0 Å². The number of oxazole rings is 1. The molecule has 2 rings (SSSR count). The first-order valence-corrected chi connectivity index (χ1v) is 4.41. The van der Waals surface area contributed by atoms with Crippen molar-refractivity contribution in [2.45, 2.75) is 6.54 Å². The fourth-order valence-corrected chi connectivity index (χ4v) is 1.40. The van der Waals surface area contributed by atoms with Gasteiger partial charge in [-0.05, 0) is 17.7 Å². The molecular weight excluding hydrogens is 194 g/mol. The molecule has 0 spiro atoms. The molecule has 0 radical (unpaired) electrons. The molecule has 2 aromatic rings. The van der Waals surface area contributed by atoms with Gasteiger partial charge in [0.1, 0.15) is 0 Å². The molecule has 15 heavy (non-hydrogen) atoms. The number of nitrogens with one attached hydrogen (secondary N) is 1. The predicted molar refractivity (Wildman–Crippen MR) is 53.9 cm³/mol. The maximum absolute atomic E-state index is 10.9. The summed E-state index contributed by atoms with van der Waals surface area (Å²) in [5.41, 5.74) is 2.11. The van der Waals surface area contributed by atoms with E-state index in [0.717, 1.165) is 5.56 Å². The van der Waals surface area contributed by atoms with Gasteiger partial charge in [-0.25, -0.2) is 4.79 Å². The number of fused-ring (bicyclic) bond motifs is 1. The maximum Gasteiger partial charge on any atom is 0.417 e. The van der Waals surface area contributed by atoms with Crippen LogP contribution in [0, 0.1) is 11.5 Å². The first-order valence-electron chi connectivity index (χ1n) is 4.41. The van der Waals surface area contributed by atoms with Crippen molar-refractivity contribution in [3.05, 3.63) is 34.3 Å². The van der Waals surface area contributed by atoms with Gasteiger partial charge in [0.2, 0.25) is 0 Å². The zero-order chi connectivity index (χ0) is 10.8. The Hall–Kier alpha value is -2.22. The van der Waals surface area contributed by atoms with Gasteiger partial charge in [0, 0.05) is 7.05 Å². The zero-order valence-corrected chi connectivity index (χ0v) is 8.15. The van der Waals surface area contributed by atoms with E-state index in [4.69, 9.17) is 9.68 Å². The smallest absolute Gasteiger partial charge is 0.408 e. The highest BCUT2D eigenvalue weighted by Gasteiger charge is 2.03. The minimum Gasteiger partial charge on any atom is -0.408 e. The highest BCUT2D eigenvalue weighted by molar-refractivity contribution is 5.72. The molecule has 0 atom stereocenters. The average Bonchev–Trinajstić information content (AvgIpc) is 2.57. The standard InChI is InChI=1S/C10H9N3O2/c1-13(6-11)5-7-2-3-8-9(4-7)15-10(14)12-8/h2-4H,5H2,1H3,(H,12,14). The van der Waals surface area contributed by atoms with Crippen LogP contribution in [-0.2, 0) is 6.54 Å². The van der Waals surface area contributed by atoms with Crippen LogP contribution in [0.4, 0.5) is 0 Å². The Morgan fingerprint density at radius 1 is 1.60 bits per heavy atom. The zero-order valence-electron chi connectivity index (χ0n) is 8.15. The van der Waals surface area contributed by atoms with Gasteiger partial charge in [-0.3, -0.25) is 4.98 Å². The minimum atomic E-state index is -0.462. The number of aromatic nitrogens is 1. The number of nitriles is 1. The first kappa shape index (κ1) is 9.34. The van der Waals surface area contributed by atoms with Crippen LogP contribution in [0.15, 0.2) is 27.4 Å². The molecule has 0 unspecified atom stereocenters. The van der Waals surface area contributed by atoms with Crippen molar-refractivity contribution in [2.24, 2.45) is 0 Å². The molecule has 0 amide bonds. The van der Waals surface area contributed by atoms with E-state index in [1.54, 1.807) is 19.2 Å². The Balaban J connectivity index is 2.39. The van der Waals surface area contributed by atoms with Crippen LogP contribution in [-0.4, -0.2) is 16.9 Å². The quantitative estimate of drug-likeness (QED) is 0.584. The van der Waals surface area contributed by atoms with Gasteiger partial charge < -0.3 is 9.32 Å². The van der Waals surface area contributed by atoms with Gasteiger partial charge in [-0.2, -0.15) is 5.26 Å². The number of nitrogens with zero attached hydrogens (tertiary/aromatic N) is 2. The fourth-order valence-electron chi connectivity index (χ4n) is 1.40. The Labute approximate surface area is 85.5 Å². The molecule has 1 aromatic heterocycles. The van der Waals surface area contributed by atoms with Crippen molar-refractivity contribution >= 4 is 11.1 Å². The number of hydrogen-bond acceptors (Lipinski definition) is 4. The lowest BCUT2D eigenvalue weighted by Gasteiger charge is -2.07. The molecule has 0 aliphatic carbocycles. The van der Waals surface area contributed by atoms with Crippen molar-refractivity contribution in [3.8, 4) is 6.19 Å². The Morgan fingerprint density at radius 2 is 2.40 bits per heavy atom. The van der Waals surface area contributed by atoms with E-state index >= 15 is 0 Å². The van der Waals surface area contributed by atoms with E-state index in [9.17, 15) is 4.79 Å². The summed E-state index contributed by atoms with van der Waals surface area (Å²) in [6.45, 7) is 0.501. The molecule has 76 valence electrons. The normalized spacial score (nSPS) is 10.1. The molecule has 0 saturated heterocycles. The van der Waals surface area contributed by atoms with Crippen LogP contribution >= 0.6 is 0 Å². The largest absolute Gasteiger partial charge is 0.417 e. The van der Waals surface area contributed by atoms with Crippen LogP contribution in [0.3, 0.4) is 0 Å². The van der Waals surface area contributed by atoms with Gasteiger partial charge >= 0.3 is 5.76 Å². The van der Waals surface area contributed by atoms with Crippen molar-refractivity contribution in [1.82, 2.24) is 9.88 Å². The summed E-state index contributed by atoms with van der Waals surface area (Å²) in [6, 6.07) is 5.36. The number of H-pyrrole nitrogens is 1. The highest BCUT2D eigenvalue weighted by atomic mass is 16.4. The summed E-state index contributed by atoms with van der Waals surface area (Å²) in [4.78, 5) is 14.9. The molecule has 0 bridgehead atoms. The third kappa shape index (κ3) is 1.83. The van der Waals surface area contributed by atoms with Gasteiger partial charge in [0.15, 0.2) is 11.8 Å². The van der Waals surface area contributed by atoms with E-state index in [-0.39, 0.29) is 0 Å². The summed E-state index contributed by atoms with van der Waals surface area (Å²) in [6.07, 6.45) is 2.00. The van der Waals surface area contributed by atoms with Gasteiger partial charge in [-0.15, -0.1) is 0 Å². The second-order valence-electron chi connectivity index (χ2n) is 3.30. The maximum atomic E-state index is 10.9. The van der Waals surface area contributed by atoms with E-state index in [1.165, 1.54) is 4.90 Å². The monoisotopic (exact) mass is 203 g/mol. The second-order valence-corrected chi connectivity index (χ2v) is 3.30. The summed E-state index contributed by atoms with van der Waals surface area (Å²) in [7, 11) is 1.69. The lowest BCUT2D eigenvalue weighted by molar-refractivity contribution is 0.469. The average molecular weight is 203 g/mol. The van der Waals surface area contributed by atoms with E-state index in [2.05, 4.69) is 4.98 Å². The number of rotatable bonds is 2. The molecule has 0 aliphatic rings. The molecule has 0 aliphatic heterocycles. The number of hydrogen-bond donors (Lipinski definition) is 1. The Morgan fingerprint density at radius 3 is 3.13 bits per heavy atom. The topological polar surface area (TPSA) is 73.0 Å². The van der Waals surface area contributed by atoms with Crippen LogP contribution in [0.1, 0.15) is 5.56 Å². The minimum absolute atomic E-state index is 0.462. The lowest BCUT2D eigenvalue weighted by Crippen LogP contribution is -2.09. The van der Waals surface area contributed by atoms with E-state index in [0.29, 0.717) is 17.6 Å². The van der Waals surface area contributed by atoms with Gasteiger partial charge in [-0.1, -0.05) is 6.07 Å². The summed E-state index contributed by atoms with van der Waals surface area (Å²) >= 11 is 0. The third-order valence-electron chi connectivity index (χ3n) is 2.08. The molecule has 1 heterocycles. The van der Waals surface area contributed by atoms with Gasteiger partial charge in [0.25, 0.3) is 0 Å². The molecular formula is C10H9N3O2. The van der Waals surface area contributed by atoms with Crippen molar-refractivity contribution < 1.29 is 4.42 Å². The summed E-state index contributed by atoms with van der Waals surface area (Å²) < 4.78 is 4.91. The first-order chi connectivity index (χ1) is 7.19. The van der Waals surface area contributed by atoms with Crippen molar-refractivity contribution in [2.75, 3.05) is 7.05 Å². The van der Waals surface area contributed by atoms with Crippen LogP contribution in [0.25, 0.3) is 11.1 Å². The molecule has 0 fully saturated rings. The van der Waals surface area contributed by atoms with E-state index < -0.39 is 5.76 Å². The van der Waals surface area contributed by atoms with E-state index in [1.807, 2.05) is 12.3 Å². The Kier molecular flexibility index (Phi) is 2.18. The lowest BCUT2D eigenvalue weighted by atomic mass is 10.2. The molecule has 5 nitrogen and oxygen atoms in total. The molecule has 5 heteroatoms. The van der Waals surface area contributed by atoms with Crippen molar-refractivity contribution in [1.29, 1.82) is 5.26 Å². The fraction of sp³-hybridized carbons (Fsp3) is 0.200. The second kappa shape index (κ2) is 3.50. The molecule has 1 N–H and O–H groups in total. The summed E-state index contributed by atoms with van der Waals surface area (Å²) in [5, 5.41) is 8.61. The Bertz CT molecular complexity index is 576. The SMILES string of the molecule is CN(C#N)Cc1ccc2[nH]c(=O)oc2c1. The highest BCUT2D eigenvalue weighted by Crippen LogP contribution is 2.13. The van der Waals surface area contributed by atoms with Crippen molar-refractivity contribution in [3.63, 3.8) is 0 Å². The molecule has 1 aromatic carbocycles. The third-order valence-corrected chi connectivity index (χ3v) is 2.08. The van der Waals surface area contributed by atoms with Gasteiger partial charge in [0.05, 0.1) is 12.1 Å². The number of aromatic amines is 1.